The molecule has 0 amide bonds. The van der Waals surface area contributed by atoms with Gasteiger partial charge in [-0.15, -0.1) is 0 Å². The molecule has 1 heteroatoms. The molecule has 1 aliphatic rings. The number of Topliss-reactive ketones (excluding diaryl/α,β-unsaturated/α-hetero) is 1. The third-order valence-electron chi connectivity index (χ3n) is 4.51. The lowest BCUT2D eigenvalue weighted by molar-refractivity contribution is -0.173. The predicted octanol–water partition coefficient (Wildman–Crippen LogP) is 2.89. The number of ketones is 1. The molecule has 0 aromatic heterocycles. The van der Waals surface area contributed by atoms with E-state index in [1.807, 2.05) is 0 Å². The van der Waals surface area contributed by atoms with E-state index in [4.69, 9.17) is 0 Å². The van der Waals surface area contributed by atoms with Crippen molar-refractivity contribution in [2.24, 2.45) is 22.7 Å². The second kappa shape index (κ2) is 2.34. The van der Waals surface area contributed by atoms with Crippen LogP contribution in [-0.4, -0.2) is 5.78 Å². The fraction of sp³-hybridized carbons (Fsp3) is 0.909. The topological polar surface area (TPSA) is 17.1 Å². The maximum atomic E-state index is 11.3. The van der Waals surface area contributed by atoms with Crippen molar-refractivity contribution in [1.29, 1.82) is 0 Å². The molecule has 1 aliphatic carbocycles. The molecule has 0 bridgehead atoms. The normalized spacial score (nSPS) is 37.2. The van der Waals surface area contributed by atoms with Crippen molar-refractivity contribution in [3.05, 3.63) is 0 Å². The molecule has 1 rings (SSSR count). The molecule has 70 valence electrons. The molecule has 0 spiro atoms. The monoisotopic (exact) mass is 168 g/mol. The van der Waals surface area contributed by atoms with E-state index in [-0.39, 0.29) is 11.3 Å². The third kappa shape index (κ3) is 0.884. The zero-order chi connectivity index (χ0) is 9.73. The van der Waals surface area contributed by atoms with Gasteiger partial charge in [0.05, 0.1) is 0 Å². The second-order valence-corrected chi connectivity index (χ2v) is 5.32. The lowest BCUT2D eigenvalue weighted by Crippen LogP contribution is -2.60. The van der Waals surface area contributed by atoms with E-state index in [2.05, 4.69) is 34.6 Å². The van der Waals surface area contributed by atoms with Gasteiger partial charge in [0.1, 0.15) is 5.78 Å². The quantitative estimate of drug-likeness (QED) is 0.588. The molecular formula is C11H20O. The Hall–Kier alpha value is -0.330. The van der Waals surface area contributed by atoms with Crippen molar-refractivity contribution in [3.63, 3.8) is 0 Å². The Balaban J connectivity index is 2.92. The van der Waals surface area contributed by atoms with Gasteiger partial charge < -0.3 is 0 Å². The lowest BCUT2D eigenvalue weighted by atomic mass is 9.40. The van der Waals surface area contributed by atoms with E-state index in [1.54, 1.807) is 6.92 Å². The minimum atomic E-state index is 0.179. The maximum absolute atomic E-state index is 11.3. The Morgan fingerprint density at radius 2 is 1.50 bits per heavy atom. The molecule has 0 radical (unpaired) electrons. The molecular weight excluding hydrogens is 148 g/mol. The summed E-state index contributed by atoms with van der Waals surface area (Å²) in [4.78, 5) is 11.3. The smallest absolute Gasteiger partial charge is 0.133 e. The Labute approximate surface area is 75.5 Å². The van der Waals surface area contributed by atoms with Gasteiger partial charge in [0.25, 0.3) is 0 Å². The number of carbonyl (C=O) groups excluding carboxylic acids is 1. The predicted molar refractivity (Wildman–Crippen MR) is 50.9 cm³/mol. The van der Waals surface area contributed by atoms with Gasteiger partial charge in [0.2, 0.25) is 0 Å². The van der Waals surface area contributed by atoms with Crippen molar-refractivity contribution >= 4 is 5.78 Å². The van der Waals surface area contributed by atoms with E-state index in [1.165, 1.54) is 0 Å². The summed E-state index contributed by atoms with van der Waals surface area (Å²) in [6.07, 6.45) is 0. The van der Waals surface area contributed by atoms with E-state index < -0.39 is 0 Å². The highest BCUT2D eigenvalue weighted by Crippen LogP contribution is 2.63. The van der Waals surface area contributed by atoms with E-state index >= 15 is 0 Å². The van der Waals surface area contributed by atoms with Gasteiger partial charge in [-0.05, 0) is 23.7 Å². The summed E-state index contributed by atoms with van der Waals surface area (Å²) in [5.41, 5.74) is 0.488. The summed E-state index contributed by atoms with van der Waals surface area (Å²) in [6, 6.07) is 0. The van der Waals surface area contributed by atoms with Crippen LogP contribution in [0.3, 0.4) is 0 Å². The molecule has 1 fully saturated rings. The molecule has 0 saturated heterocycles. The SMILES string of the molecule is CC(=O)C1C(C)C(C)(C)C1(C)C. The van der Waals surface area contributed by atoms with Crippen LogP contribution in [-0.2, 0) is 4.79 Å². The molecule has 0 N–H and O–H groups in total. The van der Waals surface area contributed by atoms with Gasteiger partial charge in [-0.2, -0.15) is 0 Å². The molecule has 1 nitrogen and oxygen atoms in total. The van der Waals surface area contributed by atoms with Gasteiger partial charge in [0.15, 0.2) is 0 Å². The van der Waals surface area contributed by atoms with Crippen LogP contribution in [0.25, 0.3) is 0 Å². The first kappa shape index (κ1) is 9.76. The van der Waals surface area contributed by atoms with Crippen LogP contribution in [0.15, 0.2) is 0 Å². The number of hydrogen-bond acceptors (Lipinski definition) is 1. The summed E-state index contributed by atoms with van der Waals surface area (Å²) in [7, 11) is 0. The zero-order valence-electron chi connectivity index (χ0n) is 9.06. The molecule has 0 heterocycles. The first-order chi connectivity index (χ1) is 5.23. The van der Waals surface area contributed by atoms with Crippen LogP contribution >= 0.6 is 0 Å². The molecule has 2 atom stereocenters. The van der Waals surface area contributed by atoms with Gasteiger partial charge in [-0.25, -0.2) is 0 Å². The number of carbonyl (C=O) groups is 1. The summed E-state index contributed by atoms with van der Waals surface area (Å²) in [6.45, 7) is 12.8. The summed E-state index contributed by atoms with van der Waals surface area (Å²) in [5.74, 6) is 1.16. The van der Waals surface area contributed by atoms with Crippen molar-refractivity contribution in [2.75, 3.05) is 0 Å². The van der Waals surface area contributed by atoms with Crippen LogP contribution in [0.1, 0.15) is 41.5 Å². The molecule has 12 heavy (non-hydrogen) atoms. The Bertz CT molecular complexity index is 213. The van der Waals surface area contributed by atoms with Gasteiger partial charge in [-0.1, -0.05) is 34.6 Å². The third-order valence-corrected chi connectivity index (χ3v) is 4.51. The van der Waals surface area contributed by atoms with Gasteiger partial charge >= 0.3 is 0 Å². The Morgan fingerprint density at radius 3 is 1.67 bits per heavy atom. The van der Waals surface area contributed by atoms with E-state index in [0.717, 1.165) is 0 Å². The van der Waals surface area contributed by atoms with Crippen molar-refractivity contribution in [1.82, 2.24) is 0 Å². The minimum Gasteiger partial charge on any atom is -0.300 e. The average Bonchev–Trinajstić information content (AvgIpc) is 1.85. The van der Waals surface area contributed by atoms with Crippen LogP contribution < -0.4 is 0 Å². The average molecular weight is 168 g/mol. The van der Waals surface area contributed by atoms with Gasteiger partial charge in [0, 0.05) is 5.92 Å². The van der Waals surface area contributed by atoms with E-state index in [0.29, 0.717) is 17.1 Å². The first-order valence-electron chi connectivity index (χ1n) is 4.73. The van der Waals surface area contributed by atoms with E-state index in [9.17, 15) is 4.79 Å². The summed E-state index contributed by atoms with van der Waals surface area (Å²) < 4.78 is 0. The molecule has 0 aromatic carbocycles. The van der Waals surface area contributed by atoms with Gasteiger partial charge in [-0.3, -0.25) is 4.79 Å². The number of hydrogen-bond donors (Lipinski definition) is 0. The zero-order valence-corrected chi connectivity index (χ0v) is 9.06. The first-order valence-corrected chi connectivity index (χ1v) is 4.73. The van der Waals surface area contributed by atoms with Crippen LogP contribution in [0.2, 0.25) is 0 Å². The highest BCUT2D eigenvalue weighted by Gasteiger charge is 2.61. The largest absolute Gasteiger partial charge is 0.300 e. The van der Waals surface area contributed by atoms with Crippen molar-refractivity contribution in [3.8, 4) is 0 Å². The molecule has 2 unspecified atom stereocenters. The molecule has 0 aromatic rings. The fourth-order valence-corrected chi connectivity index (χ4v) is 2.79. The van der Waals surface area contributed by atoms with Crippen LogP contribution in [0.5, 0.6) is 0 Å². The van der Waals surface area contributed by atoms with Crippen molar-refractivity contribution in [2.45, 2.75) is 41.5 Å². The van der Waals surface area contributed by atoms with Crippen molar-refractivity contribution < 1.29 is 4.79 Å². The Morgan fingerprint density at radius 1 is 1.08 bits per heavy atom. The lowest BCUT2D eigenvalue weighted by Gasteiger charge is -2.63. The van der Waals surface area contributed by atoms with Crippen LogP contribution in [0.4, 0.5) is 0 Å². The Kier molecular flexibility index (Phi) is 1.90. The van der Waals surface area contributed by atoms with Crippen LogP contribution in [0, 0.1) is 22.7 Å². The minimum absolute atomic E-state index is 0.179. The second-order valence-electron chi connectivity index (χ2n) is 5.32. The molecule has 1 saturated carbocycles. The fourth-order valence-electron chi connectivity index (χ4n) is 2.79. The standard InChI is InChI=1S/C11H20O/c1-7-9(8(2)12)11(5,6)10(7,3)4/h7,9H,1-6H3. The molecule has 0 aliphatic heterocycles. The summed E-state index contributed by atoms with van der Waals surface area (Å²) in [5, 5.41) is 0. The maximum Gasteiger partial charge on any atom is 0.133 e. The highest BCUT2D eigenvalue weighted by molar-refractivity contribution is 5.81. The highest BCUT2D eigenvalue weighted by atomic mass is 16.1. The summed E-state index contributed by atoms with van der Waals surface area (Å²) >= 11 is 0. The number of rotatable bonds is 1.